The Labute approximate surface area is 255 Å². The van der Waals surface area contributed by atoms with Gasteiger partial charge in [0.1, 0.15) is 0 Å². The van der Waals surface area contributed by atoms with Crippen LogP contribution in [0.15, 0.2) is 152 Å². The predicted molar refractivity (Wildman–Crippen MR) is 185 cm³/mol. The van der Waals surface area contributed by atoms with Gasteiger partial charge in [-0.15, -0.1) is 0 Å². The molecule has 0 spiro atoms. The molecular weight excluding hydrogens is 520 g/mol. The Balaban J connectivity index is 1.25. The van der Waals surface area contributed by atoms with E-state index in [1.165, 1.54) is 22.4 Å². The highest BCUT2D eigenvalue weighted by Gasteiger charge is 2.14. The van der Waals surface area contributed by atoms with Gasteiger partial charge in [-0.1, -0.05) is 91.0 Å². The Morgan fingerprint density at radius 2 is 0.721 bits per heavy atom. The van der Waals surface area contributed by atoms with E-state index in [2.05, 4.69) is 194 Å². The van der Waals surface area contributed by atoms with Gasteiger partial charge in [-0.2, -0.15) is 0 Å². The second-order valence-corrected chi connectivity index (χ2v) is 11.0. The van der Waals surface area contributed by atoms with Gasteiger partial charge < -0.3 is 9.80 Å². The van der Waals surface area contributed by atoms with E-state index in [0.29, 0.717) is 0 Å². The van der Waals surface area contributed by atoms with E-state index in [1.54, 1.807) is 0 Å². The first-order chi connectivity index (χ1) is 21.0. The molecule has 2 heteroatoms. The summed E-state index contributed by atoms with van der Waals surface area (Å²) in [6.07, 6.45) is 4.36. The zero-order valence-corrected chi connectivity index (χ0v) is 25.0. The lowest BCUT2D eigenvalue weighted by atomic mass is 10.1. The van der Waals surface area contributed by atoms with Crippen molar-refractivity contribution in [3.8, 4) is 0 Å². The van der Waals surface area contributed by atoms with Crippen LogP contribution < -0.4 is 9.80 Å². The Bertz CT molecular complexity index is 1760. The fraction of sp³-hybridized carbons (Fsp3) is 0.0732. The van der Waals surface area contributed by atoms with E-state index in [-0.39, 0.29) is 0 Å². The summed E-state index contributed by atoms with van der Waals surface area (Å²) in [6.45, 7) is 6.46. The van der Waals surface area contributed by atoms with Gasteiger partial charge in [0.05, 0.1) is 0 Å². The van der Waals surface area contributed by atoms with Crippen molar-refractivity contribution in [2.75, 3.05) is 9.80 Å². The molecule has 43 heavy (non-hydrogen) atoms. The molecule has 0 aromatic heterocycles. The molecule has 0 fully saturated rings. The second-order valence-electron chi connectivity index (χ2n) is 11.0. The van der Waals surface area contributed by atoms with Crippen molar-refractivity contribution in [2.45, 2.75) is 20.8 Å². The van der Waals surface area contributed by atoms with Crippen molar-refractivity contribution >= 4 is 46.3 Å². The highest BCUT2D eigenvalue weighted by Crippen LogP contribution is 2.37. The zero-order chi connectivity index (χ0) is 29.6. The third-order valence-corrected chi connectivity index (χ3v) is 7.52. The van der Waals surface area contributed by atoms with Gasteiger partial charge in [0, 0.05) is 34.1 Å². The van der Waals surface area contributed by atoms with Crippen LogP contribution in [0.25, 0.3) is 12.2 Å². The molecule has 0 atom stereocenters. The van der Waals surface area contributed by atoms with Crippen molar-refractivity contribution in [1.82, 2.24) is 0 Å². The van der Waals surface area contributed by atoms with Crippen LogP contribution in [-0.4, -0.2) is 0 Å². The molecule has 210 valence electrons. The summed E-state index contributed by atoms with van der Waals surface area (Å²) in [5.41, 5.74) is 12.9. The van der Waals surface area contributed by atoms with Crippen LogP contribution >= 0.6 is 0 Å². The second kappa shape index (κ2) is 12.7. The standard InChI is InChI=1S/C41H36N2/c1-31-11-10-16-40(28-31)43(41-29-32(2)27-33(3)30-41)39-25-21-35(22-26-39)18-17-34-19-23-38(24-20-34)42(36-12-6-4-7-13-36)37-14-8-5-9-15-37/h4-30H,1-3H3. The summed E-state index contributed by atoms with van der Waals surface area (Å²) >= 11 is 0. The number of benzene rings is 6. The number of anilines is 6. The number of hydrogen-bond acceptors (Lipinski definition) is 2. The van der Waals surface area contributed by atoms with Crippen LogP contribution in [0.1, 0.15) is 27.8 Å². The van der Waals surface area contributed by atoms with E-state index in [9.17, 15) is 0 Å². The first-order valence-electron chi connectivity index (χ1n) is 14.8. The van der Waals surface area contributed by atoms with Gasteiger partial charge in [-0.05, 0) is 121 Å². The fourth-order valence-electron chi connectivity index (χ4n) is 5.56. The Hall–Kier alpha value is -5.34. The van der Waals surface area contributed by atoms with Crippen LogP contribution in [0.4, 0.5) is 34.1 Å². The van der Waals surface area contributed by atoms with Crippen LogP contribution in [-0.2, 0) is 0 Å². The minimum absolute atomic E-state index is 1.13. The Kier molecular flexibility index (Phi) is 8.19. The molecule has 0 amide bonds. The zero-order valence-electron chi connectivity index (χ0n) is 25.0. The normalized spacial score (nSPS) is 11.0. The lowest BCUT2D eigenvalue weighted by Gasteiger charge is -2.26. The third kappa shape index (κ3) is 6.60. The summed E-state index contributed by atoms with van der Waals surface area (Å²) in [6, 6.07) is 53.9. The number of para-hydroxylation sites is 2. The van der Waals surface area contributed by atoms with Crippen LogP contribution in [0.2, 0.25) is 0 Å². The summed E-state index contributed by atoms with van der Waals surface area (Å²) in [5, 5.41) is 0. The van der Waals surface area contributed by atoms with Gasteiger partial charge >= 0.3 is 0 Å². The molecule has 0 unspecified atom stereocenters. The molecule has 6 rings (SSSR count). The van der Waals surface area contributed by atoms with Gasteiger partial charge in [-0.25, -0.2) is 0 Å². The molecule has 0 heterocycles. The van der Waals surface area contributed by atoms with E-state index in [0.717, 1.165) is 39.6 Å². The van der Waals surface area contributed by atoms with Crippen molar-refractivity contribution < 1.29 is 0 Å². The molecule has 0 radical (unpaired) electrons. The summed E-state index contributed by atoms with van der Waals surface area (Å²) < 4.78 is 0. The van der Waals surface area contributed by atoms with Gasteiger partial charge in [0.25, 0.3) is 0 Å². The summed E-state index contributed by atoms with van der Waals surface area (Å²) in [7, 11) is 0. The van der Waals surface area contributed by atoms with E-state index in [4.69, 9.17) is 0 Å². The molecule has 2 nitrogen and oxygen atoms in total. The highest BCUT2D eigenvalue weighted by molar-refractivity contribution is 5.80. The van der Waals surface area contributed by atoms with Crippen LogP contribution in [0, 0.1) is 20.8 Å². The average Bonchev–Trinajstić information content (AvgIpc) is 3.02. The molecule has 0 aliphatic heterocycles. The lowest BCUT2D eigenvalue weighted by molar-refractivity contribution is 1.24. The number of hydrogen-bond donors (Lipinski definition) is 0. The van der Waals surface area contributed by atoms with E-state index in [1.807, 2.05) is 0 Å². The van der Waals surface area contributed by atoms with Gasteiger partial charge in [0.2, 0.25) is 0 Å². The Morgan fingerprint density at radius 3 is 1.19 bits per heavy atom. The molecular formula is C41H36N2. The maximum absolute atomic E-state index is 2.34. The molecule has 6 aromatic rings. The van der Waals surface area contributed by atoms with Gasteiger partial charge in [0.15, 0.2) is 0 Å². The largest absolute Gasteiger partial charge is 0.311 e. The minimum atomic E-state index is 1.13. The summed E-state index contributed by atoms with van der Waals surface area (Å²) in [4.78, 5) is 4.62. The average molecular weight is 557 g/mol. The van der Waals surface area contributed by atoms with Crippen LogP contribution in [0.5, 0.6) is 0 Å². The highest BCUT2D eigenvalue weighted by atomic mass is 15.1. The number of nitrogens with zero attached hydrogens (tertiary/aromatic N) is 2. The quantitative estimate of drug-likeness (QED) is 0.172. The van der Waals surface area contributed by atoms with Gasteiger partial charge in [-0.3, -0.25) is 0 Å². The molecule has 0 saturated carbocycles. The predicted octanol–water partition coefficient (Wildman–Crippen LogP) is 11.7. The van der Waals surface area contributed by atoms with Crippen molar-refractivity contribution in [1.29, 1.82) is 0 Å². The smallest absolute Gasteiger partial charge is 0.0466 e. The van der Waals surface area contributed by atoms with E-state index >= 15 is 0 Å². The van der Waals surface area contributed by atoms with Crippen molar-refractivity contribution in [3.63, 3.8) is 0 Å². The van der Waals surface area contributed by atoms with Crippen LogP contribution in [0.3, 0.4) is 0 Å². The molecule has 0 aliphatic carbocycles. The molecule has 0 saturated heterocycles. The minimum Gasteiger partial charge on any atom is -0.311 e. The first kappa shape index (κ1) is 27.8. The SMILES string of the molecule is Cc1cccc(N(c2ccc(C=Cc3ccc(N(c4ccccc4)c4ccccc4)cc3)cc2)c2cc(C)cc(C)c2)c1. The molecule has 0 N–H and O–H groups in total. The maximum Gasteiger partial charge on any atom is 0.0466 e. The monoisotopic (exact) mass is 556 g/mol. The molecule has 0 bridgehead atoms. The third-order valence-electron chi connectivity index (χ3n) is 7.52. The first-order valence-corrected chi connectivity index (χ1v) is 14.8. The summed E-state index contributed by atoms with van der Waals surface area (Å²) in [5.74, 6) is 0. The molecule has 0 aliphatic rings. The van der Waals surface area contributed by atoms with E-state index < -0.39 is 0 Å². The fourth-order valence-corrected chi connectivity index (χ4v) is 5.56. The maximum atomic E-state index is 2.34. The topological polar surface area (TPSA) is 6.48 Å². The number of aryl methyl sites for hydroxylation is 3. The number of rotatable bonds is 8. The van der Waals surface area contributed by atoms with Crippen molar-refractivity contribution in [3.05, 3.63) is 179 Å². The lowest BCUT2D eigenvalue weighted by Crippen LogP contribution is -2.10. The van der Waals surface area contributed by atoms with Crippen molar-refractivity contribution in [2.24, 2.45) is 0 Å². The Morgan fingerprint density at radius 1 is 0.326 bits per heavy atom. The molecule has 6 aromatic carbocycles.